The molecule has 0 radical (unpaired) electrons. The Kier molecular flexibility index (Phi) is 5.03. The average Bonchev–Trinajstić information content (AvgIpc) is 2.53. The number of carbonyl (C=O) groups is 1. The molecule has 0 aliphatic heterocycles. The highest BCUT2D eigenvalue weighted by atomic mass is 32.2. The molecule has 6 nitrogen and oxygen atoms in total. The summed E-state index contributed by atoms with van der Waals surface area (Å²) in [5, 5.41) is -0.501. The van der Waals surface area contributed by atoms with Gasteiger partial charge in [-0.1, -0.05) is 17.7 Å². The quantitative estimate of drug-likeness (QED) is 0.671. The summed E-state index contributed by atoms with van der Waals surface area (Å²) >= 11 is 1.37. The van der Waals surface area contributed by atoms with Gasteiger partial charge in [-0.15, -0.1) is 11.8 Å². The average molecular weight is 347 g/mol. The number of thioether (sulfide) groups is 1. The van der Waals surface area contributed by atoms with Crippen LogP contribution in [0.25, 0.3) is 0 Å². The number of aromatic nitrogens is 2. The molecule has 0 bridgehead atoms. The van der Waals surface area contributed by atoms with Crippen molar-refractivity contribution in [3.63, 3.8) is 0 Å². The second-order valence-electron chi connectivity index (χ2n) is 5.86. The topological polar surface area (TPSA) is 87.1 Å². The fourth-order valence-electron chi connectivity index (χ4n) is 2.47. The highest BCUT2D eigenvalue weighted by Crippen LogP contribution is 2.29. The van der Waals surface area contributed by atoms with Crippen molar-refractivity contribution in [3.05, 3.63) is 55.7 Å². The Morgan fingerprint density at radius 2 is 1.79 bits per heavy atom. The first kappa shape index (κ1) is 18.1. The molecule has 1 heterocycles. The van der Waals surface area contributed by atoms with Gasteiger partial charge in [-0.25, -0.2) is 4.79 Å². The van der Waals surface area contributed by atoms with Crippen molar-refractivity contribution in [1.82, 2.24) is 9.13 Å². The van der Waals surface area contributed by atoms with Crippen molar-refractivity contribution in [1.29, 1.82) is 0 Å². The highest BCUT2D eigenvalue weighted by molar-refractivity contribution is 8.00. The number of hydrogen-bond acceptors (Lipinski definition) is 5. The van der Waals surface area contributed by atoms with Gasteiger partial charge < -0.3 is 5.73 Å². The van der Waals surface area contributed by atoms with E-state index < -0.39 is 16.5 Å². The summed E-state index contributed by atoms with van der Waals surface area (Å²) in [6, 6.07) is 5.98. The Morgan fingerprint density at radius 1 is 1.17 bits per heavy atom. The third kappa shape index (κ3) is 3.17. The fraction of sp³-hybridized carbons (Fsp3) is 0.353. The number of carbonyl (C=O) groups excluding carboxylic acids is 1. The van der Waals surface area contributed by atoms with Crippen molar-refractivity contribution in [3.8, 4) is 0 Å². The molecule has 2 N–H and O–H groups in total. The predicted molar refractivity (Wildman–Crippen MR) is 96.9 cm³/mol. The SMILES string of the molecule is Cc1ccc(SC(C)C(=O)c2c(N)n(C)c(=O)n(C)c2=O)c(C)c1. The van der Waals surface area contributed by atoms with E-state index in [1.807, 2.05) is 32.0 Å². The largest absolute Gasteiger partial charge is 0.384 e. The predicted octanol–water partition coefficient (Wildman–Crippen LogP) is 1.65. The lowest BCUT2D eigenvalue weighted by molar-refractivity contribution is 0.0992. The Hall–Kier alpha value is -2.28. The maximum absolute atomic E-state index is 12.8. The summed E-state index contributed by atoms with van der Waals surface area (Å²) in [6.45, 7) is 5.72. The van der Waals surface area contributed by atoms with Crippen LogP contribution in [-0.4, -0.2) is 20.2 Å². The third-order valence-corrected chi connectivity index (χ3v) is 5.24. The van der Waals surface area contributed by atoms with E-state index >= 15 is 0 Å². The summed E-state index contributed by atoms with van der Waals surface area (Å²) in [4.78, 5) is 37.9. The smallest absolute Gasteiger partial charge is 0.332 e. The van der Waals surface area contributed by atoms with Gasteiger partial charge in [-0.05, 0) is 32.4 Å². The number of hydrogen-bond donors (Lipinski definition) is 1. The second kappa shape index (κ2) is 6.68. The van der Waals surface area contributed by atoms with Crippen molar-refractivity contribution >= 4 is 23.4 Å². The van der Waals surface area contributed by atoms with Gasteiger partial charge in [0, 0.05) is 19.0 Å². The van der Waals surface area contributed by atoms with Crippen molar-refractivity contribution in [2.45, 2.75) is 30.9 Å². The minimum atomic E-state index is -0.659. The number of nitrogens with zero attached hydrogens (tertiary/aromatic N) is 2. The highest BCUT2D eigenvalue weighted by Gasteiger charge is 2.25. The maximum atomic E-state index is 12.8. The summed E-state index contributed by atoms with van der Waals surface area (Å²) in [6.07, 6.45) is 0. The van der Waals surface area contributed by atoms with Crippen LogP contribution in [0.15, 0.2) is 32.7 Å². The summed E-state index contributed by atoms with van der Waals surface area (Å²) in [5.74, 6) is -0.477. The van der Waals surface area contributed by atoms with Crippen LogP contribution in [0.1, 0.15) is 28.4 Å². The Balaban J connectivity index is 2.42. The summed E-state index contributed by atoms with van der Waals surface area (Å²) in [5.41, 5.74) is 6.72. The van der Waals surface area contributed by atoms with E-state index in [-0.39, 0.29) is 17.2 Å². The number of nitrogens with two attached hydrogens (primary N) is 1. The van der Waals surface area contributed by atoms with Gasteiger partial charge in [-0.3, -0.25) is 18.7 Å². The molecule has 0 amide bonds. The van der Waals surface area contributed by atoms with E-state index in [2.05, 4.69) is 0 Å². The number of nitrogen functional groups attached to an aromatic ring is 1. The molecule has 1 aromatic carbocycles. The Labute approximate surface area is 144 Å². The third-order valence-electron chi connectivity index (χ3n) is 3.96. The molecule has 2 aromatic rings. The van der Waals surface area contributed by atoms with Crippen LogP contribution in [0.3, 0.4) is 0 Å². The van der Waals surface area contributed by atoms with Gasteiger partial charge in [0.25, 0.3) is 5.56 Å². The molecule has 0 saturated carbocycles. The number of aryl methyl sites for hydroxylation is 2. The number of ketones is 1. The first-order valence-electron chi connectivity index (χ1n) is 7.48. The first-order valence-corrected chi connectivity index (χ1v) is 8.36. The van der Waals surface area contributed by atoms with Gasteiger partial charge >= 0.3 is 5.69 Å². The standard InChI is InChI=1S/C17H21N3O3S/c1-9-6-7-12(10(2)8-9)24-11(3)14(21)13-15(18)19(4)17(23)20(5)16(13)22/h6-8,11H,18H2,1-5H3. The van der Waals surface area contributed by atoms with E-state index in [1.165, 1.54) is 25.9 Å². The van der Waals surface area contributed by atoms with Crippen molar-refractivity contribution < 1.29 is 4.79 Å². The lowest BCUT2D eigenvalue weighted by Gasteiger charge is -2.15. The normalized spacial score (nSPS) is 12.2. The van der Waals surface area contributed by atoms with E-state index in [4.69, 9.17) is 5.73 Å². The molecule has 128 valence electrons. The first-order chi connectivity index (χ1) is 11.1. The second-order valence-corrected chi connectivity index (χ2v) is 7.24. The van der Waals surface area contributed by atoms with E-state index in [0.717, 1.165) is 25.2 Å². The van der Waals surface area contributed by atoms with E-state index in [9.17, 15) is 14.4 Å². The molecular weight excluding hydrogens is 326 g/mol. The van der Waals surface area contributed by atoms with Crippen molar-refractivity contribution in [2.75, 3.05) is 5.73 Å². The van der Waals surface area contributed by atoms with Gasteiger partial charge in [0.05, 0.1) is 5.25 Å². The molecule has 7 heteroatoms. The van der Waals surface area contributed by atoms with E-state index in [1.54, 1.807) is 6.92 Å². The number of benzene rings is 1. The lowest BCUT2D eigenvalue weighted by Crippen LogP contribution is -2.42. The molecule has 0 aliphatic carbocycles. The maximum Gasteiger partial charge on any atom is 0.332 e. The zero-order valence-corrected chi connectivity index (χ0v) is 15.2. The Bertz CT molecular complexity index is 928. The fourth-order valence-corrected chi connectivity index (χ4v) is 3.47. The monoisotopic (exact) mass is 347 g/mol. The number of rotatable bonds is 4. The molecule has 0 aliphatic rings. The summed E-state index contributed by atoms with van der Waals surface area (Å²) in [7, 11) is 2.78. The van der Waals surface area contributed by atoms with Gasteiger partial charge in [0.15, 0.2) is 5.78 Å². The van der Waals surface area contributed by atoms with Crippen LogP contribution in [0.4, 0.5) is 5.82 Å². The molecule has 0 saturated heterocycles. The minimum Gasteiger partial charge on any atom is -0.384 e. The lowest BCUT2D eigenvalue weighted by atomic mass is 10.1. The molecule has 1 unspecified atom stereocenters. The van der Waals surface area contributed by atoms with Crippen LogP contribution in [0, 0.1) is 13.8 Å². The molecule has 24 heavy (non-hydrogen) atoms. The van der Waals surface area contributed by atoms with Gasteiger partial charge in [-0.2, -0.15) is 0 Å². The molecule has 1 aromatic heterocycles. The van der Waals surface area contributed by atoms with Crippen LogP contribution < -0.4 is 17.0 Å². The van der Waals surface area contributed by atoms with Crippen molar-refractivity contribution in [2.24, 2.45) is 14.1 Å². The molecular formula is C17H21N3O3S. The van der Waals surface area contributed by atoms with Crippen LogP contribution >= 0.6 is 11.8 Å². The van der Waals surface area contributed by atoms with Crippen LogP contribution in [0.2, 0.25) is 0 Å². The molecule has 1 atom stereocenters. The molecule has 0 fully saturated rings. The van der Waals surface area contributed by atoms with Crippen LogP contribution in [0.5, 0.6) is 0 Å². The van der Waals surface area contributed by atoms with E-state index in [0.29, 0.717) is 0 Å². The molecule has 2 rings (SSSR count). The van der Waals surface area contributed by atoms with Gasteiger partial charge in [0.1, 0.15) is 11.4 Å². The zero-order chi connectivity index (χ0) is 18.2. The summed E-state index contributed by atoms with van der Waals surface area (Å²) < 4.78 is 2.02. The number of anilines is 1. The van der Waals surface area contributed by atoms with Gasteiger partial charge in [0.2, 0.25) is 0 Å². The number of Topliss-reactive ketones (excluding diaryl/α,β-unsaturated/α-hetero) is 1. The zero-order valence-electron chi connectivity index (χ0n) is 14.4. The Morgan fingerprint density at radius 3 is 2.38 bits per heavy atom. The molecule has 0 spiro atoms. The van der Waals surface area contributed by atoms with Crippen LogP contribution in [-0.2, 0) is 14.1 Å². The minimum absolute atomic E-state index is 0.0961.